The maximum atomic E-state index is 5.32. The molecular weight excluding hydrogens is 232 g/mol. The van der Waals surface area contributed by atoms with Crippen molar-refractivity contribution in [2.24, 2.45) is 5.92 Å². The minimum absolute atomic E-state index is 0.611. The Balaban J connectivity index is 1.78. The molecule has 4 nitrogen and oxygen atoms in total. The van der Waals surface area contributed by atoms with E-state index in [4.69, 9.17) is 12.2 Å². The lowest BCUT2D eigenvalue weighted by molar-refractivity contribution is 0.389. The highest BCUT2D eigenvalue weighted by atomic mass is 32.1. The summed E-state index contributed by atoms with van der Waals surface area (Å²) in [4.78, 5) is 2.40. The Morgan fingerprint density at radius 3 is 2.59 bits per heavy atom. The van der Waals surface area contributed by atoms with Crippen LogP contribution < -0.4 is 4.90 Å². The van der Waals surface area contributed by atoms with Gasteiger partial charge in [0.1, 0.15) is 0 Å². The van der Waals surface area contributed by atoms with E-state index in [0.717, 1.165) is 29.7 Å². The van der Waals surface area contributed by atoms with Crippen LogP contribution >= 0.6 is 12.2 Å². The van der Waals surface area contributed by atoms with Gasteiger partial charge in [0.2, 0.25) is 5.95 Å². The van der Waals surface area contributed by atoms with E-state index in [0.29, 0.717) is 6.04 Å². The summed E-state index contributed by atoms with van der Waals surface area (Å²) in [6.45, 7) is 4.55. The molecule has 0 spiro atoms. The lowest BCUT2D eigenvalue weighted by Crippen LogP contribution is -2.35. The van der Waals surface area contributed by atoms with Crippen molar-refractivity contribution < 1.29 is 0 Å². The zero-order chi connectivity index (χ0) is 11.8. The van der Waals surface area contributed by atoms with E-state index in [-0.39, 0.29) is 0 Å². The molecule has 0 unspecified atom stereocenters. The average Bonchev–Trinajstić information content (AvgIpc) is 3.13. The Morgan fingerprint density at radius 1 is 1.29 bits per heavy atom. The fraction of sp³-hybridized carbons (Fsp3) is 0.833. The molecule has 5 heteroatoms. The Bertz CT molecular complexity index is 438. The van der Waals surface area contributed by atoms with Crippen LogP contribution in [0.4, 0.5) is 5.95 Å². The van der Waals surface area contributed by atoms with Crippen molar-refractivity contribution >= 4 is 18.2 Å². The first kappa shape index (κ1) is 11.3. The zero-order valence-electron chi connectivity index (χ0n) is 10.4. The Morgan fingerprint density at radius 2 is 2.00 bits per heavy atom. The predicted octanol–water partition coefficient (Wildman–Crippen LogP) is 2.90. The van der Waals surface area contributed by atoms with Crippen molar-refractivity contribution in [3.05, 3.63) is 4.77 Å². The van der Waals surface area contributed by atoms with Gasteiger partial charge >= 0.3 is 0 Å². The van der Waals surface area contributed by atoms with Gasteiger partial charge in [-0.2, -0.15) is 0 Å². The fourth-order valence-corrected chi connectivity index (χ4v) is 3.00. The summed E-state index contributed by atoms with van der Waals surface area (Å²) >= 11 is 5.32. The third kappa shape index (κ3) is 2.12. The highest BCUT2D eigenvalue weighted by Crippen LogP contribution is 2.38. The van der Waals surface area contributed by atoms with Crippen LogP contribution in [0.25, 0.3) is 0 Å². The number of piperidine rings is 1. The zero-order valence-corrected chi connectivity index (χ0v) is 11.2. The van der Waals surface area contributed by atoms with Crippen LogP contribution in [0.3, 0.4) is 0 Å². The molecule has 1 aromatic rings. The Kier molecular flexibility index (Phi) is 2.94. The first-order valence-corrected chi connectivity index (χ1v) is 7.12. The largest absolute Gasteiger partial charge is 0.341 e. The first-order chi connectivity index (χ1) is 8.29. The van der Waals surface area contributed by atoms with Gasteiger partial charge in [-0.15, -0.1) is 5.10 Å². The summed E-state index contributed by atoms with van der Waals surface area (Å²) in [5.41, 5.74) is 0. The minimum Gasteiger partial charge on any atom is -0.341 e. The van der Waals surface area contributed by atoms with Gasteiger partial charge in [-0.05, 0) is 43.8 Å². The number of hydrogen-bond acceptors (Lipinski definition) is 3. The van der Waals surface area contributed by atoms with Gasteiger partial charge < -0.3 is 4.90 Å². The maximum Gasteiger partial charge on any atom is 0.225 e. The van der Waals surface area contributed by atoms with E-state index in [2.05, 4.69) is 26.6 Å². The number of anilines is 1. The quantitative estimate of drug-likeness (QED) is 0.840. The predicted molar refractivity (Wildman–Crippen MR) is 70.9 cm³/mol. The first-order valence-electron chi connectivity index (χ1n) is 6.71. The van der Waals surface area contributed by atoms with Crippen molar-refractivity contribution in [3.63, 3.8) is 0 Å². The van der Waals surface area contributed by atoms with Gasteiger partial charge in [0, 0.05) is 19.1 Å². The third-order valence-electron chi connectivity index (χ3n) is 4.07. The molecule has 1 aromatic heterocycles. The number of rotatable bonds is 3. The molecule has 0 bridgehead atoms. The van der Waals surface area contributed by atoms with Crippen LogP contribution in [-0.4, -0.2) is 27.9 Å². The van der Waals surface area contributed by atoms with E-state index < -0.39 is 0 Å². The summed E-state index contributed by atoms with van der Waals surface area (Å²) in [6, 6.07) is 0.611. The molecule has 0 radical (unpaired) electrons. The van der Waals surface area contributed by atoms with Crippen LogP contribution in [0, 0.1) is 10.7 Å². The molecular formula is C12H20N4S. The minimum atomic E-state index is 0.611. The number of hydrogen-bond donors (Lipinski definition) is 1. The Labute approximate surface area is 107 Å². The van der Waals surface area contributed by atoms with E-state index in [9.17, 15) is 0 Å². The van der Waals surface area contributed by atoms with E-state index in [1.165, 1.54) is 32.1 Å². The highest BCUT2D eigenvalue weighted by molar-refractivity contribution is 7.71. The van der Waals surface area contributed by atoms with Crippen LogP contribution in [0.15, 0.2) is 0 Å². The fourth-order valence-electron chi connectivity index (χ4n) is 2.72. The molecule has 1 saturated heterocycles. The number of aromatic amines is 1. The number of nitrogens with zero attached hydrogens (tertiary/aromatic N) is 3. The molecule has 94 valence electrons. The molecule has 2 aliphatic rings. The van der Waals surface area contributed by atoms with Gasteiger partial charge in [0.05, 0.1) is 0 Å². The second kappa shape index (κ2) is 4.44. The van der Waals surface area contributed by atoms with Crippen LogP contribution in [-0.2, 0) is 0 Å². The van der Waals surface area contributed by atoms with Crippen molar-refractivity contribution in [1.82, 2.24) is 14.8 Å². The average molecular weight is 252 g/mol. The summed E-state index contributed by atoms with van der Waals surface area (Å²) < 4.78 is 3.02. The molecule has 17 heavy (non-hydrogen) atoms. The maximum absolute atomic E-state index is 5.32. The molecule has 1 aliphatic heterocycles. The normalized spacial score (nSPS) is 22.1. The number of aromatic nitrogens is 3. The van der Waals surface area contributed by atoms with Crippen molar-refractivity contribution in [3.8, 4) is 0 Å². The van der Waals surface area contributed by atoms with Gasteiger partial charge in [0.25, 0.3) is 0 Å². The molecule has 0 amide bonds. The second-order valence-corrected chi connectivity index (χ2v) is 5.66. The van der Waals surface area contributed by atoms with Crippen LogP contribution in [0.2, 0.25) is 0 Å². The van der Waals surface area contributed by atoms with Crippen molar-refractivity contribution in [2.75, 3.05) is 18.0 Å². The summed E-state index contributed by atoms with van der Waals surface area (Å²) in [7, 11) is 0. The van der Waals surface area contributed by atoms with E-state index >= 15 is 0 Å². The summed E-state index contributed by atoms with van der Waals surface area (Å²) in [6.07, 6.45) is 6.41. The van der Waals surface area contributed by atoms with Gasteiger partial charge in [0.15, 0.2) is 4.77 Å². The molecule has 0 aromatic carbocycles. The van der Waals surface area contributed by atoms with Gasteiger partial charge in [-0.25, -0.2) is 5.10 Å². The number of H-pyrrole nitrogens is 1. The van der Waals surface area contributed by atoms with Crippen molar-refractivity contribution in [1.29, 1.82) is 0 Å². The molecule has 0 atom stereocenters. The van der Waals surface area contributed by atoms with E-state index in [1.54, 1.807) is 0 Å². The molecule has 1 aliphatic carbocycles. The monoisotopic (exact) mass is 252 g/mol. The second-order valence-electron chi connectivity index (χ2n) is 5.27. The standard InChI is InChI=1S/C12H20N4S/c1-2-9-5-7-15(8-6-9)11-13-14-12(17)16(11)10-3-4-10/h9-10H,2-8H2,1H3,(H,14,17). The smallest absolute Gasteiger partial charge is 0.225 e. The molecule has 1 N–H and O–H groups in total. The van der Waals surface area contributed by atoms with Gasteiger partial charge in [-0.1, -0.05) is 13.3 Å². The lowest BCUT2D eigenvalue weighted by Gasteiger charge is -2.32. The summed E-state index contributed by atoms with van der Waals surface area (Å²) in [5, 5.41) is 7.38. The van der Waals surface area contributed by atoms with E-state index in [1.807, 2.05) is 0 Å². The van der Waals surface area contributed by atoms with Gasteiger partial charge in [-0.3, -0.25) is 4.57 Å². The SMILES string of the molecule is CCC1CCN(c2n[nH]c(=S)n2C2CC2)CC1. The number of nitrogens with one attached hydrogen (secondary N) is 1. The molecule has 2 heterocycles. The summed E-state index contributed by atoms with van der Waals surface area (Å²) in [5.74, 6) is 1.98. The topological polar surface area (TPSA) is 36.9 Å². The highest BCUT2D eigenvalue weighted by Gasteiger charge is 2.30. The van der Waals surface area contributed by atoms with Crippen LogP contribution in [0.5, 0.6) is 0 Å². The lowest BCUT2D eigenvalue weighted by atomic mass is 9.95. The van der Waals surface area contributed by atoms with Crippen molar-refractivity contribution in [2.45, 2.75) is 45.1 Å². The molecule has 2 fully saturated rings. The molecule has 3 rings (SSSR count). The third-order valence-corrected chi connectivity index (χ3v) is 4.36. The Hall–Kier alpha value is -0.840. The van der Waals surface area contributed by atoms with Crippen LogP contribution in [0.1, 0.15) is 45.1 Å². The molecule has 1 saturated carbocycles.